The Balaban J connectivity index is 2.12. The summed E-state index contributed by atoms with van der Waals surface area (Å²) in [4.78, 5) is 12.5. The van der Waals surface area contributed by atoms with Crippen LogP contribution < -0.4 is 14.8 Å². The molecule has 0 radical (unpaired) electrons. The fraction of sp³-hybridized carbons (Fsp3) is 0.611. The summed E-state index contributed by atoms with van der Waals surface area (Å²) < 4.78 is 30.3. The van der Waals surface area contributed by atoms with Crippen molar-refractivity contribution in [2.24, 2.45) is 11.8 Å². The molecule has 1 saturated heterocycles. The molecular weight excluding hydrogens is 313 g/mol. The zero-order valence-electron chi connectivity index (χ0n) is 14.7. The van der Waals surface area contributed by atoms with Gasteiger partial charge >= 0.3 is 0 Å². The molecule has 134 valence electrons. The minimum absolute atomic E-state index is 0.107. The number of hydrogen-bond donors (Lipinski definition) is 1. The monoisotopic (exact) mass is 339 g/mol. The first-order chi connectivity index (χ1) is 11.5. The van der Waals surface area contributed by atoms with Crippen molar-refractivity contribution in [1.29, 1.82) is 0 Å². The normalized spacial score (nSPS) is 20.8. The predicted octanol–water partition coefficient (Wildman–Crippen LogP) is 3.02. The molecule has 1 aliphatic rings. The molecule has 1 N–H and O–H groups in total. The van der Waals surface area contributed by atoms with Crippen LogP contribution >= 0.6 is 0 Å². The molecule has 0 spiro atoms. The number of carbonyl (C=O) groups excluding carboxylic acids is 1. The van der Waals surface area contributed by atoms with Gasteiger partial charge in [0.25, 0.3) is 5.91 Å². The summed E-state index contributed by atoms with van der Waals surface area (Å²) in [5, 5.41) is 2.83. The smallest absolute Gasteiger partial charge is 0.258 e. The Labute approximate surface area is 142 Å². The van der Waals surface area contributed by atoms with Gasteiger partial charge in [0.05, 0.1) is 20.3 Å². The molecule has 1 amide bonds. The van der Waals surface area contributed by atoms with E-state index in [9.17, 15) is 9.18 Å². The first kappa shape index (κ1) is 18.5. The molecule has 1 aliphatic heterocycles. The van der Waals surface area contributed by atoms with Crippen LogP contribution in [0.25, 0.3) is 0 Å². The van der Waals surface area contributed by atoms with E-state index in [1.54, 1.807) is 0 Å². The van der Waals surface area contributed by atoms with Crippen molar-refractivity contribution < 1.29 is 23.4 Å². The van der Waals surface area contributed by atoms with Crippen LogP contribution in [0.3, 0.4) is 0 Å². The highest BCUT2D eigenvalue weighted by Gasteiger charge is 2.30. The Kier molecular flexibility index (Phi) is 6.43. The van der Waals surface area contributed by atoms with Crippen LogP contribution in [0.2, 0.25) is 0 Å². The Morgan fingerprint density at radius 3 is 2.75 bits per heavy atom. The highest BCUT2D eigenvalue weighted by Crippen LogP contribution is 2.33. The topological polar surface area (TPSA) is 56.8 Å². The summed E-state index contributed by atoms with van der Waals surface area (Å²) in [6, 6.07) is 2.64. The van der Waals surface area contributed by atoms with Crippen molar-refractivity contribution in [2.75, 3.05) is 27.4 Å². The summed E-state index contributed by atoms with van der Waals surface area (Å²) in [5.41, 5.74) is -0.130. The van der Waals surface area contributed by atoms with E-state index in [-0.39, 0.29) is 23.3 Å². The van der Waals surface area contributed by atoms with Crippen molar-refractivity contribution in [3.63, 3.8) is 0 Å². The molecule has 1 fully saturated rings. The summed E-state index contributed by atoms with van der Waals surface area (Å²) in [7, 11) is 2.84. The van der Waals surface area contributed by atoms with E-state index in [0.717, 1.165) is 19.4 Å². The summed E-state index contributed by atoms with van der Waals surface area (Å²) in [5.74, 6) is -0.111. The summed E-state index contributed by atoms with van der Waals surface area (Å²) in [6.45, 7) is 5.41. The zero-order valence-corrected chi connectivity index (χ0v) is 14.7. The molecule has 0 aliphatic carbocycles. The van der Waals surface area contributed by atoms with E-state index >= 15 is 0 Å². The number of hydrogen-bond acceptors (Lipinski definition) is 4. The molecule has 0 unspecified atom stereocenters. The highest BCUT2D eigenvalue weighted by atomic mass is 19.1. The predicted molar refractivity (Wildman–Crippen MR) is 89.1 cm³/mol. The highest BCUT2D eigenvalue weighted by molar-refractivity contribution is 5.98. The number of amides is 1. The summed E-state index contributed by atoms with van der Waals surface area (Å²) in [6.07, 6.45) is 2.07. The molecule has 2 rings (SSSR count). The molecular formula is C18H26FNO4. The van der Waals surface area contributed by atoms with Gasteiger partial charge in [0.15, 0.2) is 11.5 Å². The van der Waals surface area contributed by atoms with Crippen LogP contribution in [0.1, 0.15) is 37.0 Å². The van der Waals surface area contributed by atoms with E-state index < -0.39 is 11.7 Å². The maximum absolute atomic E-state index is 14.2. The van der Waals surface area contributed by atoms with Crippen LogP contribution in [0, 0.1) is 17.7 Å². The van der Waals surface area contributed by atoms with Crippen molar-refractivity contribution in [3.8, 4) is 11.5 Å². The Bertz CT molecular complexity index is 576. The number of nitrogens with one attached hydrogen (secondary N) is 1. The average molecular weight is 339 g/mol. The molecule has 5 nitrogen and oxygen atoms in total. The third kappa shape index (κ3) is 3.98. The van der Waals surface area contributed by atoms with Crippen molar-refractivity contribution in [2.45, 2.75) is 32.8 Å². The molecule has 0 saturated carbocycles. The second kappa shape index (κ2) is 8.33. The van der Waals surface area contributed by atoms with Gasteiger partial charge < -0.3 is 19.5 Å². The number of rotatable bonds is 6. The first-order valence-corrected chi connectivity index (χ1v) is 8.29. The molecule has 2 atom stereocenters. The quantitative estimate of drug-likeness (QED) is 0.865. The van der Waals surface area contributed by atoms with Gasteiger partial charge in [0, 0.05) is 19.1 Å². The van der Waals surface area contributed by atoms with Crippen LogP contribution in [-0.4, -0.2) is 39.4 Å². The van der Waals surface area contributed by atoms with Gasteiger partial charge in [-0.15, -0.1) is 0 Å². The molecule has 1 heterocycles. The molecule has 0 aromatic heterocycles. The molecule has 6 heteroatoms. The SMILES string of the molecule is COc1ccc(F)c(C(=O)NC[C@H]2CCCO[C@H]2C(C)C)c1OC. The van der Waals surface area contributed by atoms with E-state index in [4.69, 9.17) is 14.2 Å². The molecule has 1 aromatic carbocycles. The van der Waals surface area contributed by atoms with Crippen LogP contribution in [0.15, 0.2) is 12.1 Å². The van der Waals surface area contributed by atoms with Crippen molar-refractivity contribution in [3.05, 3.63) is 23.5 Å². The maximum Gasteiger partial charge on any atom is 0.258 e. The zero-order chi connectivity index (χ0) is 17.7. The average Bonchev–Trinajstić information content (AvgIpc) is 2.59. The van der Waals surface area contributed by atoms with E-state index in [1.165, 1.54) is 26.4 Å². The lowest BCUT2D eigenvalue weighted by molar-refractivity contribution is -0.0510. The number of carbonyl (C=O) groups is 1. The van der Waals surface area contributed by atoms with Crippen LogP contribution in [0.4, 0.5) is 4.39 Å². The fourth-order valence-corrected chi connectivity index (χ4v) is 3.25. The van der Waals surface area contributed by atoms with Gasteiger partial charge in [-0.1, -0.05) is 13.8 Å². The van der Waals surface area contributed by atoms with Crippen molar-refractivity contribution in [1.82, 2.24) is 5.32 Å². The maximum atomic E-state index is 14.2. The third-order valence-corrected chi connectivity index (χ3v) is 4.40. The number of benzene rings is 1. The van der Waals surface area contributed by atoms with E-state index in [1.807, 2.05) is 0 Å². The third-order valence-electron chi connectivity index (χ3n) is 4.40. The van der Waals surface area contributed by atoms with E-state index in [0.29, 0.717) is 18.2 Å². The van der Waals surface area contributed by atoms with Crippen molar-refractivity contribution >= 4 is 5.91 Å². The van der Waals surface area contributed by atoms with Gasteiger partial charge in [0.1, 0.15) is 11.4 Å². The minimum Gasteiger partial charge on any atom is -0.493 e. The lowest BCUT2D eigenvalue weighted by atomic mass is 9.87. The number of ether oxygens (including phenoxy) is 3. The van der Waals surface area contributed by atoms with E-state index in [2.05, 4.69) is 19.2 Å². The van der Waals surface area contributed by atoms with Gasteiger partial charge in [-0.3, -0.25) is 4.79 Å². The standard InChI is InChI=1S/C18H26FNO4/c1-11(2)16-12(6-5-9-24-16)10-20-18(21)15-13(19)7-8-14(22-3)17(15)23-4/h7-8,11-12,16H,5-6,9-10H2,1-4H3,(H,20,21)/t12-,16+/m1/s1. The lowest BCUT2D eigenvalue weighted by Crippen LogP contribution is -2.41. The van der Waals surface area contributed by atoms with Gasteiger partial charge in [-0.05, 0) is 30.9 Å². The number of halogens is 1. The Morgan fingerprint density at radius 2 is 2.12 bits per heavy atom. The van der Waals surface area contributed by atoms with Crippen LogP contribution in [-0.2, 0) is 4.74 Å². The first-order valence-electron chi connectivity index (χ1n) is 8.29. The van der Waals surface area contributed by atoms with Gasteiger partial charge in [-0.25, -0.2) is 4.39 Å². The largest absolute Gasteiger partial charge is 0.493 e. The summed E-state index contributed by atoms with van der Waals surface area (Å²) >= 11 is 0. The fourth-order valence-electron chi connectivity index (χ4n) is 3.25. The molecule has 1 aromatic rings. The van der Waals surface area contributed by atoms with Gasteiger partial charge in [0.2, 0.25) is 0 Å². The van der Waals surface area contributed by atoms with Gasteiger partial charge in [-0.2, -0.15) is 0 Å². The Hall–Kier alpha value is -1.82. The molecule has 24 heavy (non-hydrogen) atoms. The van der Waals surface area contributed by atoms with Crippen LogP contribution in [0.5, 0.6) is 11.5 Å². The Morgan fingerprint density at radius 1 is 1.38 bits per heavy atom. The second-order valence-electron chi connectivity index (χ2n) is 6.35. The lowest BCUT2D eigenvalue weighted by Gasteiger charge is -2.34. The minimum atomic E-state index is -0.634. The molecule has 0 bridgehead atoms. The second-order valence-corrected chi connectivity index (χ2v) is 6.35. The number of methoxy groups -OCH3 is 2.